The zero-order valence-electron chi connectivity index (χ0n) is 20.9. The Morgan fingerprint density at radius 1 is 1.03 bits per heavy atom. The minimum Gasteiger partial charge on any atom is -0.492 e. The largest absolute Gasteiger partial charge is 0.492 e. The summed E-state index contributed by atoms with van der Waals surface area (Å²) in [6.07, 6.45) is 0.161. The number of aryl methyl sites for hydroxylation is 1. The van der Waals surface area contributed by atoms with Crippen molar-refractivity contribution in [3.63, 3.8) is 0 Å². The molecule has 202 valence electrons. The SMILES string of the molecule is Cc1ccc(-c2ccc(CC(=O)NCCOc3ccc(S(=O)(=O)C4(C(=O)NO)CCOCC4)cc3)s2)cc1. The van der Waals surface area contributed by atoms with Crippen molar-refractivity contribution in [1.82, 2.24) is 10.8 Å². The fraction of sp³-hybridized carbons (Fsp3) is 0.333. The Hall–Kier alpha value is -3.25. The topological polar surface area (TPSA) is 131 Å². The zero-order valence-corrected chi connectivity index (χ0v) is 22.6. The van der Waals surface area contributed by atoms with Crippen LogP contribution in [0.1, 0.15) is 23.3 Å². The normalized spacial score (nSPS) is 15.0. The highest BCUT2D eigenvalue weighted by Gasteiger charge is 2.52. The summed E-state index contributed by atoms with van der Waals surface area (Å²) in [6.45, 7) is 2.72. The minimum absolute atomic E-state index is 0.0513. The molecule has 0 bridgehead atoms. The first-order valence-electron chi connectivity index (χ1n) is 12.2. The van der Waals surface area contributed by atoms with Gasteiger partial charge in [-0.15, -0.1) is 11.3 Å². The predicted molar refractivity (Wildman–Crippen MR) is 143 cm³/mol. The average Bonchev–Trinajstić information content (AvgIpc) is 3.40. The van der Waals surface area contributed by atoms with Gasteiger partial charge in [0.05, 0.1) is 17.9 Å². The Morgan fingerprint density at radius 3 is 2.37 bits per heavy atom. The van der Waals surface area contributed by atoms with Gasteiger partial charge in [0.15, 0.2) is 14.6 Å². The number of thiophene rings is 1. The highest BCUT2D eigenvalue weighted by atomic mass is 32.2. The molecule has 2 aromatic carbocycles. The van der Waals surface area contributed by atoms with Gasteiger partial charge < -0.3 is 14.8 Å². The number of rotatable bonds is 10. The van der Waals surface area contributed by atoms with Gasteiger partial charge in [-0.1, -0.05) is 29.8 Å². The molecule has 1 aliphatic rings. The van der Waals surface area contributed by atoms with E-state index >= 15 is 0 Å². The van der Waals surface area contributed by atoms with Crippen molar-refractivity contribution < 1.29 is 32.7 Å². The molecule has 1 aliphatic heterocycles. The van der Waals surface area contributed by atoms with Crippen molar-refractivity contribution in [1.29, 1.82) is 0 Å². The maximum Gasteiger partial charge on any atom is 0.265 e. The highest BCUT2D eigenvalue weighted by Crippen LogP contribution is 2.36. The summed E-state index contributed by atoms with van der Waals surface area (Å²) in [6, 6.07) is 18.0. The highest BCUT2D eigenvalue weighted by molar-refractivity contribution is 7.93. The molecule has 3 aromatic rings. The van der Waals surface area contributed by atoms with E-state index in [1.54, 1.807) is 11.3 Å². The van der Waals surface area contributed by atoms with Crippen LogP contribution in [-0.4, -0.2) is 56.6 Å². The van der Waals surface area contributed by atoms with E-state index in [1.807, 2.05) is 19.1 Å². The Bertz CT molecular complexity index is 1360. The van der Waals surface area contributed by atoms with Gasteiger partial charge in [0.1, 0.15) is 12.4 Å². The summed E-state index contributed by atoms with van der Waals surface area (Å²) in [7, 11) is -4.10. The van der Waals surface area contributed by atoms with Crippen molar-refractivity contribution >= 4 is 33.0 Å². The summed E-state index contributed by atoms with van der Waals surface area (Å²) in [5.41, 5.74) is 3.82. The summed E-state index contributed by atoms with van der Waals surface area (Å²) >= 11 is 1.59. The lowest BCUT2D eigenvalue weighted by Gasteiger charge is -2.34. The molecule has 0 spiro atoms. The van der Waals surface area contributed by atoms with Gasteiger partial charge in [-0.3, -0.25) is 14.8 Å². The first kappa shape index (κ1) is 27.8. The fourth-order valence-electron chi connectivity index (χ4n) is 4.29. The van der Waals surface area contributed by atoms with Crippen LogP contribution < -0.4 is 15.5 Å². The molecule has 0 aliphatic carbocycles. The lowest BCUT2D eigenvalue weighted by atomic mass is 9.98. The Morgan fingerprint density at radius 2 is 1.71 bits per heavy atom. The number of amides is 2. The first-order chi connectivity index (χ1) is 18.2. The minimum atomic E-state index is -4.10. The number of nitrogens with one attached hydrogen (secondary N) is 2. The van der Waals surface area contributed by atoms with Crippen LogP contribution in [0.4, 0.5) is 0 Å². The van der Waals surface area contributed by atoms with Crippen LogP contribution in [0.3, 0.4) is 0 Å². The van der Waals surface area contributed by atoms with Gasteiger partial charge >= 0.3 is 0 Å². The molecule has 4 rings (SSSR count). The van der Waals surface area contributed by atoms with Crippen molar-refractivity contribution in [3.05, 3.63) is 71.1 Å². The van der Waals surface area contributed by atoms with Crippen LogP contribution >= 0.6 is 11.3 Å². The van der Waals surface area contributed by atoms with Crippen LogP contribution in [0.2, 0.25) is 0 Å². The molecule has 2 heterocycles. The molecule has 3 N–H and O–H groups in total. The average molecular weight is 559 g/mol. The summed E-state index contributed by atoms with van der Waals surface area (Å²) < 4.78 is 35.6. The van der Waals surface area contributed by atoms with Crippen molar-refractivity contribution in [2.75, 3.05) is 26.4 Å². The van der Waals surface area contributed by atoms with E-state index in [1.165, 1.54) is 35.3 Å². The second kappa shape index (κ2) is 12.1. The van der Waals surface area contributed by atoms with Crippen LogP contribution in [0, 0.1) is 6.92 Å². The summed E-state index contributed by atoms with van der Waals surface area (Å²) in [4.78, 5) is 26.7. The molecule has 9 nitrogen and oxygen atoms in total. The number of benzene rings is 2. The van der Waals surface area contributed by atoms with Crippen LogP contribution in [0.15, 0.2) is 65.6 Å². The number of sulfone groups is 1. The van der Waals surface area contributed by atoms with Crippen molar-refractivity contribution in [2.45, 2.75) is 35.8 Å². The molecular weight excluding hydrogens is 528 g/mol. The third-order valence-electron chi connectivity index (χ3n) is 6.49. The molecule has 0 radical (unpaired) electrons. The number of carbonyl (C=O) groups is 2. The Labute approximate surface area is 225 Å². The molecule has 0 atom stereocenters. The molecule has 38 heavy (non-hydrogen) atoms. The number of ether oxygens (including phenoxy) is 2. The van der Waals surface area contributed by atoms with E-state index < -0.39 is 20.5 Å². The van der Waals surface area contributed by atoms with Crippen LogP contribution in [-0.2, 0) is 30.6 Å². The monoisotopic (exact) mass is 558 g/mol. The van der Waals surface area contributed by atoms with Crippen LogP contribution in [0.25, 0.3) is 10.4 Å². The van der Waals surface area contributed by atoms with Gasteiger partial charge in [0.25, 0.3) is 5.91 Å². The maximum atomic E-state index is 13.3. The van der Waals surface area contributed by atoms with Crippen molar-refractivity contribution in [2.24, 2.45) is 0 Å². The number of carbonyl (C=O) groups excluding carboxylic acids is 2. The maximum absolute atomic E-state index is 13.3. The third kappa shape index (κ3) is 6.07. The molecule has 1 aromatic heterocycles. The van der Waals surface area contributed by atoms with Gasteiger partial charge in [-0.05, 0) is 61.7 Å². The van der Waals surface area contributed by atoms with E-state index in [-0.39, 0.29) is 56.4 Å². The van der Waals surface area contributed by atoms with Gasteiger partial charge in [0.2, 0.25) is 5.91 Å². The number of hydrogen-bond donors (Lipinski definition) is 3. The molecule has 1 fully saturated rings. The lowest BCUT2D eigenvalue weighted by Crippen LogP contribution is -2.54. The van der Waals surface area contributed by atoms with Crippen LogP contribution in [0.5, 0.6) is 5.75 Å². The van der Waals surface area contributed by atoms with E-state index in [0.717, 1.165) is 15.3 Å². The van der Waals surface area contributed by atoms with E-state index in [9.17, 15) is 18.0 Å². The molecule has 0 saturated carbocycles. The Balaban J connectivity index is 1.27. The molecular formula is C27H30N2O7S2. The molecule has 1 saturated heterocycles. The fourth-order valence-corrected chi connectivity index (χ4v) is 7.24. The molecule has 2 amide bonds. The van der Waals surface area contributed by atoms with E-state index in [2.05, 4.69) is 29.6 Å². The van der Waals surface area contributed by atoms with E-state index in [0.29, 0.717) is 5.75 Å². The summed E-state index contributed by atoms with van der Waals surface area (Å²) in [5, 5.41) is 12.0. The van der Waals surface area contributed by atoms with Crippen molar-refractivity contribution in [3.8, 4) is 16.2 Å². The third-order valence-corrected chi connectivity index (χ3v) is 10.1. The predicted octanol–water partition coefficient (Wildman–Crippen LogP) is 3.29. The lowest BCUT2D eigenvalue weighted by molar-refractivity contribution is -0.134. The molecule has 0 unspecified atom stereocenters. The van der Waals surface area contributed by atoms with Gasteiger partial charge in [-0.2, -0.15) is 0 Å². The molecule has 11 heteroatoms. The number of hydrogen-bond acceptors (Lipinski definition) is 8. The second-order valence-corrected chi connectivity index (χ2v) is 12.5. The summed E-state index contributed by atoms with van der Waals surface area (Å²) in [5.74, 6) is -0.658. The smallest absolute Gasteiger partial charge is 0.265 e. The Kier molecular flexibility index (Phi) is 8.83. The van der Waals surface area contributed by atoms with Gasteiger partial charge in [-0.25, -0.2) is 13.9 Å². The van der Waals surface area contributed by atoms with E-state index in [4.69, 9.17) is 14.7 Å². The first-order valence-corrected chi connectivity index (χ1v) is 14.5. The second-order valence-electron chi connectivity index (χ2n) is 9.03. The van der Waals surface area contributed by atoms with Gasteiger partial charge in [0, 0.05) is 23.0 Å². The zero-order chi connectivity index (χ0) is 27.2. The standard InChI is InChI=1S/C27H30N2O7S2/c1-19-2-4-20(5-3-19)24-11-8-22(37-24)18-25(30)28-14-17-36-21-6-9-23(10-7-21)38(33,34)27(26(31)29-32)12-15-35-16-13-27/h2-11,32H,12-18H2,1H3,(H,28,30)(H,29,31). The number of hydroxylamine groups is 1. The quantitative estimate of drug-likeness (QED) is 0.198.